The van der Waals surface area contributed by atoms with E-state index in [2.05, 4.69) is 5.32 Å². The molecule has 0 saturated heterocycles. The number of carbonyl (C=O) groups is 2. The van der Waals surface area contributed by atoms with E-state index in [1.165, 1.54) is 6.92 Å². The van der Waals surface area contributed by atoms with Gasteiger partial charge in [0.15, 0.2) is 0 Å². The summed E-state index contributed by atoms with van der Waals surface area (Å²) in [4.78, 5) is 21.9. The number of hydrogen-bond acceptors (Lipinski definition) is 3. The van der Waals surface area contributed by atoms with Crippen molar-refractivity contribution in [1.82, 2.24) is 5.32 Å². The number of alkyl carbamates (subject to hydrolysis) is 1. The number of aliphatic carboxylic acids is 1. The lowest BCUT2D eigenvalue weighted by Gasteiger charge is -2.15. The van der Waals surface area contributed by atoms with Crippen LogP contribution in [0.3, 0.4) is 0 Å². The van der Waals surface area contributed by atoms with E-state index in [0.29, 0.717) is 0 Å². The van der Waals surface area contributed by atoms with Crippen molar-refractivity contribution >= 4 is 12.1 Å². The second-order valence-corrected chi connectivity index (χ2v) is 3.66. The molecule has 1 unspecified atom stereocenters. The Morgan fingerprint density at radius 2 is 1.82 bits per heavy atom. The quantitative estimate of drug-likeness (QED) is 0.839. The van der Waals surface area contributed by atoms with E-state index in [-0.39, 0.29) is 0 Å². The monoisotopic (exact) mass is 237 g/mol. The predicted molar refractivity (Wildman–Crippen MR) is 61.6 cm³/mol. The number of carbonyl (C=O) groups excluding carboxylic acids is 1. The average molecular weight is 237 g/mol. The Balaban J connectivity index is 2.49. The molecule has 0 bridgehead atoms. The number of amides is 1. The number of hydrogen-bond donors (Lipinski definition) is 2. The van der Waals surface area contributed by atoms with Crippen molar-refractivity contribution in [3.8, 4) is 0 Å². The zero-order valence-electron chi connectivity index (χ0n) is 9.71. The molecule has 0 aliphatic rings. The highest BCUT2D eigenvalue weighted by Gasteiger charge is 2.17. The molecule has 1 aromatic carbocycles. The van der Waals surface area contributed by atoms with Gasteiger partial charge in [0, 0.05) is 0 Å². The Bertz CT molecular complexity index is 391. The van der Waals surface area contributed by atoms with Crippen molar-refractivity contribution in [3.63, 3.8) is 0 Å². The zero-order chi connectivity index (χ0) is 12.8. The normalized spacial score (nSPS) is 13.5. The highest BCUT2D eigenvalue weighted by molar-refractivity contribution is 5.79. The number of rotatable bonds is 4. The van der Waals surface area contributed by atoms with Gasteiger partial charge >= 0.3 is 12.1 Å². The van der Waals surface area contributed by atoms with Gasteiger partial charge in [-0.15, -0.1) is 0 Å². The summed E-state index contributed by atoms with van der Waals surface area (Å²) in [5.74, 6) is -1.10. The summed E-state index contributed by atoms with van der Waals surface area (Å²) >= 11 is 0. The fourth-order valence-corrected chi connectivity index (χ4v) is 1.23. The molecule has 92 valence electrons. The Morgan fingerprint density at radius 1 is 1.24 bits per heavy atom. The summed E-state index contributed by atoms with van der Waals surface area (Å²) in [6, 6.07) is 8.24. The van der Waals surface area contributed by atoms with Crippen LogP contribution in [0.5, 0.6) is 0 Å². The fourth-order valence-electron chi connectivity index (χ4n) is 1.23. The minimum atomic E-state index is -1.10. The van der Waals surface area contributed by atoms with Gasteiger partial charge in [-0.25, -0.2) is 4.79 Å². The van der Waals surface area contributed by atoms with Crippen molar-refractivity contribution in [1.29, 1.82) is 0 Å². The van der Waals surface area contributed by atoms with Gasteiger partial charge in [0.25, 0.3) is 0 Å². The van der Waals surface area contributed by atoms with Gasteiger partial charge in [-0.1, -0.05) is 30.3 Å². The first-order valence-corrected chi connectivity index (χ1v) is 5.25. The molecule has 1 amide bonds. The number of benzene rings is 1. The van der Waals surface area contributed by atoms with Crippen LogP contribution < -0.4 is 5.32 Å². The molecule has 1 aromatic rings. The van der Waals surface area contributed by atoms with Crippen LogP contribution >= 0.6 is 0 Å². The minimum Gasteiger partial charge on any atom is -0.480 e. The van der Waals surface area contributed by atoms with E-state index < -0.39 is 24.2 Å². The van der Waals surface area contributed by atoms with Crippen LogP contribution in [-0.2, 0) is 9.53 Å². The molecular weight excluding hydrogens is 222 g/mol. The van der Waals surface area contributed by atoms with Crippen LogP contribution in [0.2, 0.25) is 0 Å². The third-order valence-corrected chi connectivity index (χ3v) is 2.26. The fraction of sp³-hybridized carbons (Fsp3) is 0.333. The Kier molecular flexibility index (Phi) is 4.51. The maximum atomic E-state index is 11.3. The summed E-state index contributed by atoms with van der Waals surface area (Å²) < 4.78 is 5.04. The van der Waals surface area contributed by atoms with Gasteiger partial charge in [-0.2, -0.15) is 0 Å². The zero-order valence-corrected chi connectivity index (χ0v) is 9.71. The van der Waals surface area contributed by atoms with Gasteiger partial charge in [0.05, 0.1) is 0 Å². The van der Waals surface area contributed by atoms with Crippen molar-refractivity contribution in [2.75, 3.05) is 0 Å². The number of ether oxygens (including phenoxy) is 1. The maximum Gasteiger partial charge on any atom is 0.408 e. The van der Waals surface area contributed by atoms with Crippen molar-refractivity contribution in [2.45, 2.75) is 26.0 Å². The van der Waals surface area contributed by atoms with Crippen molar-refractivity contribution < 1.29 is 19.4 Å². The second kappa shape index (κ2) is 5.89. The summed E-state index contributed by atoms with van der Waals surface area (Å²) in [6.45, 7) is 3.09. The molecule has 0 aromatic heterocycles. The summed E-state index contributed by atoms with van der Waals surface area (Å²) in [7, 11) is 0. The molecule has 5 heteroatoms. The summed E-state index contributed by atoms with van der Waals surface area (Å²) in [6.07, 6.45) is -1.16. The van der Waals surface area contributed by atoms with Crippen molar-refractivity contribution in [3.05, 3.63) is 35.9 Å². The number of nitrogens with one attached hydrogen (secondary N) is 1. The van der Waals surface area contributed by atoms with E-state index >= 15 is 0 Å². The molecule has 5 nitrogen and oxygen atoms in total. The molecule has 0 radical (unpaired) electrons. The van der Waals surface area contributed by atoms with E-state index in [1.807, 2.05) is 30.3 Å². The van der Waals surface area contributed by atoms with Gasteiger partial charge in [-0.3, -0.25) is 4.79 Å². The van der Waals surface area contributed by atoms with Gasteiger partial charge in [0.1, 0.15) is 12.1 Å². The molecule has 2 atom stereocenters. The molecule has 1 rings (SSSR count). The van der Waals surface area contributed by atoms with E-state index in [9.17, 15) is 9.59 Å². The second-order valence-electron chi connectivity index (χ2n) is 3.66. The highest BCUT2D eigenvalue weighted by atomic mass is 16.6. The molecule has 0 aliphatic carbocycles. The Morgan fingerprint density at radius 3 is 2.35 bits per heavy atom. The smallest absolute Gasteiger partial charge is 0.408 e. The SMILES string of the molecule is CC(OC(=O)N[C@@H](C)C(=O)O)c1ccccc1. The number of carboxylic acids is 1. The maximum absolute atomic E-state index is 11.3. The molecule has 17 heavy (non-hydrogen) atoms. The van der Waals surface area contributed by atoms with Crippen LogP contribution in [0.4, 0.5) is 4.79 Å². The topological polar surface area (TPSA) is 75.6 Å². The van der Waals surface area contributed by atoms with E-state index in [1.54, 1.807) is 6.92 Å². The van der Waals surface area contributed by atoms with Gasteiger partial charge in [0.2, 0.25) is 0 Å². The standard InChI is InChI=1S/C12H15NO4/c1-8(11(14)15)13-12(16)17-9(2)10-6-4-3-5-7-10/h3-9H,1-2H3,(H,13,16)(H,14,15)/t8-,9?/m0/s1. The highest BCUT2D eigenvalue weighted by Crippen LogP contribution is 2.15. The molecule has 0 saturated carbocycles. The first-order valence-electron chi connectivity index (χ1n) is 5.25. The molecule has 0 heterocycles. The lowest BCUT2D eigenvalue weighted by Crippen LogP contribution is -2.38. The van der Waals surface area contributed by atoms with E-state index in [4.69, 9.17) is 9.84 Å². The third-order valence-electron chi connectivity index (χ3n) is 2.26. The molecule has 0 aliphatic heterocycles. The lowest BCUT2D eigenvalue weighted by atomic mass is 10.1. The van der Waals surface area contributed by atoms with Crippen LogP contribution in [0.1, 0.15) is 25.5 Å². The van der Waals surface area contributed by atoms with Crippen LogP contribution in [0.15, 0.2) is 30.3 Å². The Hall–Kier alpha value is -2.04. The van der Waals surface area contributed by atoms with Crippen molar-refractivity contribution in [2.24, 2.45) is 0 Å². The minimum absolute atomic E-state index is 0.419. The molecular formula is C12H15NO4. The summed E-state index contributed by atoms with van der Waals surface area (Å²) in [5.41, 5.74) is 0.852. The Labute approximate surface area is 99.4 Å². The van der Waals surface area contributed by atoms with Gasteiger partial charge < -0.3 is 15.2 Å². The first kappa shape index (κ1) is 13.0. The van der Waals surface area contributed by atoms with Crippen LogP contribution in [0.25, 0.3) is 0 Å². The lowest BCUT2D eigenvalue weighted by molar-refractivity contribution is -0.138. The summed E-state index contributed by atoms with van der Waals surface area (Å²) in [5, 5.41) is 10.8. The average Bonchev–Trinajstić information content (AvgIpc) is 2.29. The number of carboxylic acid groups (broad SMARTS) is 1. The van der Waals surface area contributed by atoms with E-state index in [0.717, 1.165) is 5.56 Å². The molecule has 2 N–H and O–H groups in total. The molecule has 0 spiro atoms. The van der Waals surface area contributed by atoms with Gasteiger partial charge in [-0.05, 0) is 19.4 Å². The largest absolute Gasteiger partial charge is 0.480 e. The third kappa shape index (κ3) is 4.14. The van der Waals surface area contributed by atoms with Crippen LogP contribution in [0, 0.1) is 0 Å². The first-order chi connectivity index (χ1) is 8.00. The predicted octanol–water partition coefficient (Wildman–Crippen LogP) is 1.95. The molecule has 0 fully saturated rings. The van der Waals surface area contributed by atoms with Crippen LogP contribution in [-0.4, -0.2) is 23.2 Å².